The molecule has 0 spiro atoms. The lowest BCUT2D eigenvalue weighted by Crippen LogP contribution is -2.46. The number of esters is 2. The van der Waals surface area contributed by atoms with Crippen molar-refractivity contribution in [1.29, 1.82) is 0 Å². The van der Waals surface area contributed by atoms with Crippen LogP contribution in [-0.4, -0.2) is 28.8 Å². The summed E-state index contributed by atoms with van der Waals surface area (Å²) >= 11 is 0. The SMILES string of the molecule is CC=C(C)C(=O)OC(C)(C)C1Oc2ccc3ccc(=O)oc3c2C1OC(=O)C=Cc1ccc(O)cc1. The van der Waals surface area contributed by atoms with Crippen LogP contribution in [0.1, 0.15) is 44.9 Å². The molecule has 8 nitrogen and oxygen atoms in total. The molecule has 1 aliphatic rings. The fraction of sp³-hybridized carbons (Fsp3) is 0.250. The minimum Gasteiger partial charge on any atom is -0.508 e. The second-order valence-electron chi connectivity index (χ2n) is 8.94. The van der Waals surface area contributed by atoms with Crippen molar-refractivity contribution in [3.05, 3.63) is 87.8 Å². The summed E-state index contributed by atoms with van der Waals surface area (Å²) in [6.45, 7) is 6.69. The van der Waals surface area contributed by atoms with Gasteiger partial charge in [0.15, 0.2) is 12.2 Å². The molecule has 36 heavy (non-hydrogen) atoms. The largest absolute Gasteiger partial charge is 0.508 e. The number of fused-ring (bicyclic) bond motifs is 3. The van der Waals surface area contributed by atoms with Crippen molar-refractivity contribution in [2.24, 2.45) is 0 Å². The summed E-state index contributed by atoms with van der Waals surface area (Å²) in [5, 5.41) is 10.1. The number of ether oxygens (including phenoxy) is 3. The van der Waals surface area contributed by atoms with Crippen LogP contribution in [0.4, 0.5) is 0 Å². The van der Waals surface area contributed by atoms with Crippen LogP contribution in [0.3, 0.4) is 0 Å². The Bertz CT molecular complexity index is 1430. The van der Waals surface area contributed by atoms with E-state index in [1.807, 2.05) is 0 Å². The molecule has 186 valence electrons. The third-order valence-corrected chi connectivity index (χ3v) is 5.95. The predicted molar refractivity (Wildman–Crippen MR) is 132 cm³/mol. The summed E-state index contributed by atoms with van der Waals surface area (Å²) < 4.78 is 23.2. The van der Waals surface area contributed by atoms with Crippen LogP contribution in [0.2, 0.25) is 0 Å². The highest BCUT2D eigenvalue weighted by molar-refractivity contribution is 5.89. The van der Waals surface area contributed by atoms with Gasteiger partial charge in [-0.3, -0.25) is 0 Å². The molecule has 0 fully saturated rings. The van der Waals surface area contributed by atoms with Crippen molar-refractivity contribution >= 4 is 29.0 Å². The smallest absolute Gasteiger partial charge is 0.336 e. The average Bonchev–Trinajstić information content (AvgIpc) is 3.22. The summed E-state index contributed by atoms with van der Waals surface area (Å²) in [5.41, 5.74) is -0.0840. The van der Waals surface area contributed by atoms with E-state index in [2.05, 4.69) is 0 Å². The van der Waals surface area contributed by atoms with Gasteiger partial charge in [0.25, 0.3) is 0 Å². The molecule has 0 saturated carbocycles. The summed E-state index contributed by atoms with van der Waals surface area (Å²) in [7, 11) is 0. The van der Waals surface area contributed by atoms with Crippen molar-refractivity contribution < 1.29 is 33.3 Å². The normalized spacial score (nSPS) is 17.6. The van der Waals surface area contributed by atoms with Crippen molar-refractivity contribution in [2.45, 2.75) is 45.5 Å². The van der Waals surface area contributed by atoms with Gasteiger partial charge in [0.05, 0.1) is 5.56 Å². The Hall–Kier alpha value is -4.33. The van der Waals surface area contributed by atoms with Gasteiger partial charge in [-0.2, -0.15) is 0 Å². The van der Waals surface area contributed by atoms with Crippen LogP contribution in [0.5, 0.6) is 11.5 Å². The van der Waals surface area contributed by atoms with E-state index < -0.39 is 35.4 Å². The van der Waals surface area contributed by atoms with Gasteiger partial charge >= 0.3 is 17.6 Å². The molecule has 0 radical (unpaired) electrons. The lowest BCUT2D eigenvalue weighted by atomic mass is 9.93. The Morgan fingerprint density at radius 1 is 1.06 bits per heavy atom. The van der Waals surface area contributed by atoms with Crippen molar-refractivity contribution in [1.82, 2.24) is 0 Å². The molecule has 0 amide bonds. The zero-order chi connectivity index (χ0) is 26.0. The van der Waals surface area contributed by atoms with Crippen molar-refractivity contribution in [2.75, 3.05) is 0 Å². The first-order valence-corrected chi connectivity index (χ1v) is 11.4. The molecule has 1 aromatic heterocycles. The molecule has 4 rings (SSSR count). The number of carbonyl (C=O) groups excluding carboxylic acids is 2. The molecule has 0 saturated heterocycles. The molecule has 8 heteroatoms. The molecule has 1 aliphatic heterocycles. The van der Waals surface area contributed by atoms with Crippen LogP contribution in [0.25, 0.3) is 17.0 Å². The number of allylic oxidation sites excluding steroid dienone is 1. The Morgan fingerprint density at radius 3 is 2.44 bits per heavy atom. The predicted octanol–water partition coefficient (Wildman–Crippen LogP) is 4.85. The van der Waals surface area contributed by atoms with Gasteiger partial charge < -0.3 is 23.7 Å². The van der Waals surface area contributed by atoms with Crippen LogP contribution in [-0.2, 0) is 19.1 Å². The molecule has 2 atom stereocenters. The number of benzene rings is 2. The third-order valence-electron chi connectivity index (χ3n) is 5.95. The summed E-state index contributed by atoms with van der Waals surface area (Å²) in [6, 6.07) is 12.6. The highest BCUT2D eigenvalue weighted by Crippen LogP contribution is 2.47. The van der Waals surface area contributed by atoms with Gasteiger partial charge in [-0.05, 0) is 69.7 Å². The standard InChI is InChI=1S/C28H26O8/c1-5-16(2)27(32)36-28(3,4)26-25(35-21(30)14-8-17-6-11-19(29)12-7-17)23-20(33-26)13-9-18-10-15-22(31)34-24(18)23/h5-15,25-26,29H,1-4H3. The Labute approximate surface area is 207 Å². The van der Waals surface area contributed by atoms with Gasteiger partial charge in [0.2, 0.25) is 0 Å². The van der Waals surface area contributed by atoms with Gasteiger partial charge in [-0.15, -0.1) is 0 Å². The number of rotatable bonds is 6. The number of carbonyl (C=O) groups is 2. The maximum absolute atomic E-state index is 12.9. The fourth-order valence-corrected chi connectivity index (χ4v) is 3.89. The van der Waals surface area contributed by atoms with Crippen LogP contribution in [0.15, 0.2) is 75.5 Å². The summed E-state index contributed by atoms with van der Waals surface area (Å²) in [5.74, 6) is -0.753. The highest BCUT2D eigenvalue weighted by Gasteiger charge is 2.50. The summed E-state index contributed by atoms with van der Waals surface area (Å²) in [4.78, 5) is 37.4. The molecule has 2 unspecified atom stereocenters. The Balaban J connectivity index is 1.71. The molecule has 3 aromatic rings. The topological polar surface area (TPSA) is 112 Å². The first kappa shape index (κ1) is 24.8. The van der Waals surface area contributed by atoms with E-state index in [9.17, 15) is 19.5 Å². The van der Waals surface area contributed by atoms with Crippen LogP contribution in [0, 0.1) is 0 Å². The Kier molecular flexibility index (Phi) is 6.70. The summed E-state index contributed by atoms with van der Waals surface area (Å²) in [6.07, 6.45) is 2.45. The number of hydrogen-bond acceptors (Lipinski definition) is 8. The van der Waals surface area contributed by atoms with E-state index in [-0.39, 0.29) is 11.3 Å². The lowest BCUT2D eigenvalue weighted by Gasteiger charge is -2.33. The highest BCUT2D eigenvalue weighted by atomic mass is 16.6. The molecule has 0 bridgehead atoms. The maximum atomic E-state index is 12.9. The number of hydrogen-bond donors (Lipinski definition) is 1. The van der Waals surface area contributed by atoms with E-state index in [0.29, 0.717) is 27.8 Å². The second kappa shape index (κ2) is 9.73. The first-order valence-electron chi connectivity index (χ1n) is 11.4. The monoisotopic (exact) mass is 490 g/mol. The molecular weight excluding hydrogens is 464 g/mol. The minimum atomic E-state index is -1.23. The van der Waals surface area contributed by atoms with E-state index >= 15 is 0 Å². The quantitative estimate of drug-likeness (QED) is 0.297. The van der Waals surface area contributed by atoms with Crippen molar-refractivity contribution in [3.8, 4) is 11.5 Å². The van der Waals surface area contributed by atoms with Gasteiger partial charge in [-0.25, -0.2) is 14.4 Å². The fourth-order valence-electron chi connectivity index (χ4n) is 3.89. The number of phenols is 1. The van der Waals surface area contributed by atoms with Gasteiger partial charge in [0, 0.05) is 23.1 Å². The Morgan fingerprint density at radius 2 is 1.75 bits per heavy atom. The van der Waals surface area contributed by atoms with E-state index in [1.165, 1.54) is 30.4 Å². The molecule has 2 heterocycles. The first-order chi connectivity index (χ1) is 17.1. The van der Waals surface area contributed by atoms with Gasteiger partial charge in [0.1, 0.15) is 22.7 Å². The maximum Gasteiger partial charge on any atom is 0.336 e. The zero-order valence-electron chi connectivity index (χ0n) is 20.3. The van der Waals surface area contributed by atoms with Crippen LogP contribution < -0.4 is 10.4 Å². The zero-order valence-corrected chi connectivity index (χ0v) is 20.3. The molecule has 1 N–H and O–H groups in total. The average molecular weight is 491 g/mol. The van der Waals surface area contributed by atoms with E-state index in [4.69, 9.17) is 18.6 Å². The molecule has 2 aromatic carbocycles. The number of aromatic hydroxyl groups is 1. The van der Waals surface area contributed by atoms with Crippen LogP contribution >= 0.6 is 0 Å². The van der Waals surface area contributed by atoms with E-state index in [0.717, 1.165) is 0 Å². The van der Waals surface area contributed by atoms with Crippen molar-refractivity contribution in [3.63, 3.8) is 0 Å². The third kappa shape index (κ3) is 5.02. The molecular formula is C28H26O8. The lowest BCUT2D eigenvalue weighted by molar-refractivity contribution is -0.172. The molecule has 0 aliphatic carbocycles. The minimum absolute atomic E-state index is 0.107. The van der Waals surface area contributed by atoms with Gasteiger partial charge in [-0.1, -0.05) is 18.2 Å². The number of phenolic OH excluding ortho intramolecular Hbond substituents is 1. The van der Waals surface area contributed by atoms with E-state index in [1.54, 1.807) is 64.1 Å². The second-order valence-corrected chi connectivity index (χ2v) is 8.94.